The van der Waals surface area contributed by atoms with Gasteiger partial charge in [-0.3, -0.25) is 0 Å². The lowest BCUT2D eigenvalue weighted by molar-refractivity contribution is 0.0521. The number of rotatable bonds is 5. The number of ether oxygens (including phenoxy) is 1. The molecule has 0 aliphatic carbocycles. The summed E-state index contributed by atoms with van der Waals surface area (Å²) in [6, 6.07) is 1.83. The van der Waals surface area contributed by atoms with E-state index in [4.69, 9.17) is 9.26 Å². The molecule has 18 heavy (non-hydrogen) atoms. The van der Waals surface area contributed by atoms with Crippen molar-refractivity contribution in [3.05, 3.63) is 28.7 Å². The van der Waals surface area contributed by atoms with Crippen LogP contribution in [0.4, 0.5) is 5.00 Å². The average molecular weight is 267 g/mol. The minimum atomic E-state index is -0.419. The van der Waals surface area contributed by atoms with Gasteiger partial charge in [-0.05, 0) is 13.8 Å². The number of nitrogens with one attached hydrogen (secondary N) is 1. The standard InChI is InChI=1S/C11H13N3O3S/c1-3-16-11(15)9-10(18-6-13-9)12-5-8-4-7(2)17-14-8/h4,6,12H,3,5H2,1-2H3. The van der Waals surface area contributed by atoms with E-state index in [2.05, 4.69) is 15.5 Å². The fourth-order valence-electron chi connectivity index (χ4n) is 1.39. The first kappa shape index (κ1) is 12.6. The Morgan fingerprint density at radius 1 is 1.61 bits per heavy atom. The summed E-state index contributed by atoms with van der Waals surface area (Å²) in [5.74, 6) is 0.333. The number of hydrogen-bond acceptors (Lipinski definition) is 7. The highest BCUT2D eigenvalue weighted by Crippen LogP contribution is 2.21. The van der Waals surface area contributed by atoms with Crippen molar-refractivity contribution in [3.63, 3.8) is 0 Å². The Bertz CT molecular complexity index is 535. The number of carbonyl (C=O) groups is 1. The summed E-state index contributed by atoms with van der Waals surface area (Å²) in [5, 5.41) is 7.63. The molecule has 0 radical (unpaired) electrons. The van der Waals surface area contributed by atoms with Crippen LogP contribution in [-0.2, 0) is 11.3 Å². The predicted octanol–water partition coefficient (Wildman–Crippen LogP) is 2.23. The molecule has 0 aliphatic heterocycles. The van der Waals surface area contributed by atoms with Gasteiger partial charge >= 0.3 is 5.97 Å². The second kappa shape index (κ2) is 5.63. The van der Waals surface area contributed by atoms with Crippen LogP contribution < -0.4 is 5.32 Å². The number of aromatic nitrogens is 2. The average Bonchev–Trinajstić information content (AvgIpc) is 2.95. The minimum absolute atomic E-state index is 0.307. The number of aryl methyl sites for hydroxylation is 1. The van der Waals surface area contributed by atoms with E-state index in [1.165, 1.54) is 11.3 Å². The molecule has 0 amide bonds. The summed E-state index contributed by atoms with van der Waals surface area (Å²) >= 11 is 1.35. The molecular weight excluding hydrogens is 254 g/mol. The summed E-state index contributed by atoms with van der Waals surface area (Å²) in [5.41, 5.74) is 2.68. The molecule has 0 aromatic carbocycles. The maximum atomic E-state index is 11.6. The number of esters is 1. The normalized spacial score (nSPS) is 10.3. The van der Waals surface area contributed by atoms with Crippen molar-refractivity contribution in [2.24, 2.45) is 0 Å². The number of anilines is 1. The van der Waals surface area contributed by atoms with Crippen molar-refractivity contribution >= 4 is 22.3 Å². The van der Waals surface area contributed by atoms with E-state index in [1.54, 1.807) is 12.4 Å². The van der Waals surface area contributed by atoms with Gasteiger partial charge < -0.3 is 14.6 Å². The molecule has 0 atom stereocenters. The van der Waals surface area contributed by atoms with Gasteiger partial charge in [-0.15, -0.1) is 11.3 Å². The summed E-state index contributed by atoms with van der Waals surface area (Å²) in [6.07, 6.45) is 0. The molecule has 2 aromatic heterocycles. The third-order valence-corrected chi connectivity index (χ3v) is 2.93. The van der Waals surface area contributed by atoms with E-state index in [0.29, 0.717) is 23.8 Å². The zero-order valence-electron chi connectivity index (χ0n) is 10.1. The maximum Gasteiger partial charge on any atom is 0.360 e. The van der Waals surface area contributed by atoms with Gasteiger partial charge in [-0.25, -0.2) is 9.78 Å². The molecule has 0 unspecified atom stereocenters. The summed E-state index contributed by atoms with van der Waals surface area (Å²) in [6.45, 7) is 4.40. The van der Waals surface area contributed by atoms with Crippen LogP contribution in [0.15, 0.2) is 16.1 Å². The summed E-state index contributed by atoms with van der Waals surface area (Å²) in [7, 11) is 0. The van der Waals surface area contributed by atoms with Crippen LogP contribution in [0.2, 0.25) is 0 Å². The Labute approximate surface area is 108 Å². The van der Waals surface area contributed by atoms with Crippen LogP contribution in [0.5, 0.6) is 0 Å². The van der Waals surface area contributed by atoms with E-state index in [0.717, 1.165) is 11.5 Å². The Kier molecular flexibility index (Phi) is 3.93. The third-order valence-electron chi connectivity index (χ3n) is 2.14. The zero-order valence-corrected chi connectivity index (χ0v) is 10.9. The molecule has 0 fully saturated rings. The maximum absolute atomic E-state index is 11.6. The van der Waals surface area contributed by atoms with Crippen LogP contribution in [0.3, 0.4) is 0 Å². The topological polar surface area (TPSA) is 77.2 Å². The number of carbonyl (C=O) groups excluding carboxylic acids is 1. The van der Waals surface area contributed by atoms with Crippen molar-refractivity contribution in [2.75, 3.05) is 11.9 Å². The van der Waals surface area contributed by atoms with Gasteiger partial charge in [0.05, 0.1) is 18.7 Å². The lowest BCUT2D eigenvalue weighted by atomic mass is 10.3. The first-order valence-corrected chi connectivity index (χ1v) is 6.35. The number of thiazole rings is 1. The van der Waals surface area contributed by atoms with Crippen LogP contribution in [0.25, 0.3) is 0 Å². The van der Waals surface area contributed by atoms with E-state index in [-0.39, 0.29) is 0 Å². The second-order valence-electron chi connectivity index (χ2n) is 3.53. The predicted molar refractivity (Wildman–Crippen MR) is 66.6 cm³/mol. The molecule has 1 N–H and O–H groups in total. The van der Waals surface area contributed by atoms with E-state index in [9.17, 15) is 4.79 Å². The van der Waals surface area contributed by atoms with Crippen LogP contribution in [0.1, 0.15) is 28.9 Å². The Hall–Kier alpha value is -1.89. The van der Waals surface area contributed by atoms with Crippen LogP contribution >= 0.6 is 11.3 Å². The smallest absolute Gasteiger partial charge is 0.360 e. The molecule has 2 rings (SSSR count). The van der Waals surface area contributed by atoms with E-state index < -0.39 is 5.97 Å². The first-order valence-electron chi connectivity index (χ1n) is 5.47. The summed E-state index contributed by atoms with van der Waals surface area (Å²) < 4.78 is 9.87. The highest BCUT2D eigenvalue weighted by molar-refractivity contribution is 7.14. The van der Waals surface area contributed by atoms with Gasteiger partial charge in [0.15, 0.2) is 5.69 Å². The molecule has 7 heteroatoms. The van der Waals surface area contributed by atoms with Gasteiger partial charge in [-0.1, -0.05) is 5.16 Å². The summed E-state index contributed by atoms with van der Waals surface area (Å²) in [4.78, 5) is 15.6. The number of hydrogen-bond donors (Lipinski definition) is 1. The van der Waals surface area contributed by atoms with Gasteiger partial charge in [0.1, 0.15) is 16.5 Å². The monoisotopic (exact) mass is 267 g/mol. The molecule has 6 nitrogen and oxygen atoms in total. The van der Waals surface area contributed by atoms with Crippen molar-refractivity contribution in [2.45, 2.75) is 20.4 Å². The quantitative estimate of drug-likeness (QED) is 0.837. The van der Waals surface area contributed by atoms with Crippen LogP contribution in [-0.4, -0.2) is 22.7 Å². The SMILES string of the molecule is CCOC(=O)c1ncsc1NCc1cc(C)on1. The third kappa shape index (κ3) is 2.86. The molecule has 2 heterocycles. The van der Waals surface area contributed by atoms with Gasteiger partial charge in [0.2, 0.25) is 0 Å². The zero-order chi connectivity index (χ0) is 13.0. The second-order valence-corrected chi connectivity index (χ2v) is 4.39. The Balaban J connectivity index is 2.01. The van der Waals surface area contributed by atoms with Crippen molar-refractivity contribution < 1.29 is 14.1 Å². The van der Waals surface area contributed by atoms with Gasteiger partial charge in [0.25, 0.3) is 0 Å². The van der Waals surface area contributed by atoms with E-state index in [1.807, 2.05) is 13.0 Å². The molecular formula is C11H13N3O3S. The van der Waals surface area contributed by atoms with Crippen molar-refractivity contribution in [1.82, 2.24) is 10.1 Å². The molecule has 0 spiro atoms. The van der Waals surface area contributed by atoms with E-state index >= 15 is 0 Å². The minimum Gasteiger partial charge on any atom is -0.461 e. The Morgan fingerprint density at radius 3 is 3.11 bits per heavy atom. The van der Waals surface area contributed by atoms with Crippen molar-refractivity contribution in [3.8, 4) is 0 Å². The van der Waals surface area contributed by atoms with Crippen molar-refractivity contribution in [1.29, 1.82) is 0 Å². The first-order chi connectivity index (χ1) is 8.70. The highest BCUT2D eigenvalue weighted by Gasteiger charge is 2.16. The molecule has 96 valence electrons. The molecule has 0 saturated heterocycles. The highest BCUT2D eigenvalue weighted by atomic mass is 32.1. The lowest BCUT2D eigenvalue weighted by Crippen LogP contribution is -2.09. The fourth-order valence-corrected chi connectivity index (χ4v) is 2.06. The molecule has 2 aromatic rings. The Morgan fingerprint density at radius 2 is 2.44 bits per heavy atom. The largest absolute Gasteiger partial charge is 0.461 e. The van der Waals surface area contributed by atoms with Gasteiger partial charge in [-0.2, -0.15) is 0 Å². The van der Waals surface area contributed by atoms with Gasteiger partial charge in [0, 0.05) is 6.07 Å². The molecule has 0 aliphatic rings. The lowest BCUT2D eigenvalue weighted by Gasteiger charge is -2.03. The molecule has 0 bridgehead atoms. The number of nitrogens with zero attached hydrogens (tertiary/aromatic N) is 2. The van der Waals surface area contributed by atoms with Crippen LogP contribution in [0, 0.1) is 6.92 Å². The fraction of sp³-hybridized carbons (Fsp3) is 0.364. The molecule has 0 saturated carbocycles.